The molecule has 0 aliphatic carbocycles. The summed E-state index contributed by atoms with van der Waals surface area (Å²) in [6.07, 6.45) is -1.64. The smallest absolute Gasteiger partial charge is 0.425 e. The Hall–Kier alpha value is -3.21. The third-order valence-electron chi connectivity index (χ3n) is 4.32. The van der Waals surface area contributed by atoms with Gasteiger partial charge in [-0.25, -0.2) is 23.8 Å². The summed E-state index contributed by atoms with van der Waals surface area (Å²) in [5.41, 5.74) is -1.59. The number of imide groups is 1. The number of hydrogen-bond donors (Lipinski definition) is 0. The monoisotopic (exact) mass is 568 g/mol. The second-order valence-electron chi connectivity index (χ2n) is 9.75. The molecule has 1 atom stereocenters. The lowest BCUT2D eigenvalue weighted by molar-refractivity contribution is 0.0425. The van der Waals surface area contributed by atoms with E-state index in [-0.39, 0.29) is 22.7 Å². The fourth-order valence-corrected chi connectivity index (χ4v) is 3.26. The van der Waals surface area contributed by atoms with E-state index in [1.807, 2.05) is 0 Å². The van der Waals surface area contributed by atoms with Gasteiger partial charge in [-0.05, 0) is 88.7 Å². The maximum absolute atomic E-state index is 14.1. The highest BCUT2D eigenvalue weighted by Gasteiger charge is 2.36. The van der Waals surface area contributed by atoms with Crippen molar-refractivity contribution < 1.29 is 37.7 Å². The van der Waals surface area contributed by atoms with Crippen LogP contribution in [0.2, 0.25) is 0 Å². The molecule has 0 saturated heterocycles. The number of hydrogen-bond acceptors (Lipinski definition) is 8. The molecule has 0 N–H and O–H groups in total. The van der Waals surface area contributed by atoms with Gasteiger partial charge in [-0.15, -0.1) is 0 Å². The van der Waals surface area contributed by atoms with E-state index >= 15 is 0 Å². The minimum atomic E-state index is -1.04. The molecule has 0 fully saturated rings. The van der Waals surface area contributed by atoms with Crippen molar-refractivity contribution in [3.63, 3.8) is 0 Å². The highest BCUT2D eigenvalue weighted by Crippen LogP contribution is 2.35. The standard InChI is InChI=1S/C25H30BrFN2O7/c1-14(18-12-16(27)9-10-17(18)21(30)33-8)34-19-11-15(26)13-28-20(19)29(22(31)35-24(2,3)4)23(32)36-25(5,6)7/h9-14H,1-8H3. The molecule has 0 aliphatic rings. The van der Waals surface area contributed by atoms with Crippen LogP contribution in [0.25, 0.3) is 0 Å². The molecule has 1 aromatic heterocycles. The first-order valence-corrected chi connectivity index (χ1v) is 11.8. The van der Waals surface area contributed by atoms with Crippen LogP contribution in [0.5, 0.6) is 5.75 Å². The normalized spacial score (nSPS) is 12.4. The lowest BCUT2D eigenvalue weighted by Gasteiger charge is -2.29. The summed E-state index contributed by atoms with van der Waals surface area (Å²) in [5, 5.41) is 0. The molecule has 0 saturated carbocycles. The van der Waals surface area contributed by atoms with Gasteiger partial charge in [-0.2, -0.15) is 4.90 Å². The van der Waals surface area contributed by atoms with E-state index < -0.39 is 41.3 Å². The Bertz CT molecular complexity index is 1110. The van der Waals surface area contributed by atoms with E-state index in [0.29, 0.717) is 9.37 Å². The van der Waals surface area contributed by atoms with Gasteiger partial charge < -0.3 is 18.9 Å². The fourth-order valence-electron chi connectivity index (χ4n) is 2.95. The summed E-state index contributed by atoms with van der Waals surface area (Å²) >= 11 is 3.30. The van der Waals surface area contributed by atoms with Crippen LogP contribution < -0.4 is 9.64 Å². The average molecular weight is 569 g/mol. The minimum absolute atomic E-state index is 0.0336. The summed E-state index contributed by atoms with van der Waals surface area (Å²) in [7, 11) is 1.21. The van der Waals surface area contributed by atoms with Crippen LogP contribution in [-0.4, -0.2) is 41.5 Å². The van der Waals surface area contributed by atoms with Crippen LogP contribution in [0, 0.1) is 5.82 Å². The van der Waals surface area contributed by atoms with Gasteiger partial charge in [-0.3, -0.25) is 0 Å². The van der Waals surface area contributed by atoms with Crippen molar-refractivity contribution in [2.75, 3.05) is 12.0 Å². The summed E-state index contributed by atoms with van der Waals surface area (Å²) < 4.78 is 36.2. The fraction of sp³-hybridized carbons (Fsp3) is 0.440. The maximum Gasteiger partial charge on any atom is 0.425 e. The quantitative estimate of drug-likeness (QED) is 0.294. The number of carbonyl (C=O) groups excluding carboxylic acids is 3. The zero-order valence-corrected chi connectivity index (χ0v) is 23.1. The molecule has 36 heavy (non-hydrogen) atoms. The predicted molar refractivity (Wildman–Crippen MR) is 134 cm³/mol. The van der Waals surface area contributed by atoms with E-state index in [2.05, 4.69) is 20.9 Å². The number of halogens is 2. The molecule has 2 rings (SSSR count). The molecule has 9 nitrogen and oxygen atoms in total. The number of amides is 2. The number of methoxy groups -OCH3 is 1. The zero-order chi connectivity index (χ0) is 27.4. The lowest BCUT2D eigenvalue weighted by atomic mass is 10.0. The van der Waals surface area contributed by atoms with Gasteiger partial charge in [0.1, 0.15) is 23.1 Å². The van der Waals surface area contributed by atoms with Crippen molar-refractivity contribution in [2.24, 2.45) is 0 Å². The Morgan fingerprint density at radius 3 is 2.06 bits per heavy atom. The number of anilines is 1. The molecule has 2 amide bonds. The summed E-state index contributed by atoms with van der Waals surface area (Å²) in [5.74, 6) is -1.53. The maximum atomic E-state index is 14.1. The number of nitrogens with zero attached hydrogens (tertiary/aromatic N) is 2. The molecular weight excluding hydrogens is 539 g/mol. The molecule has 0 aliphatic heterocycles. The van der Waals surface area contributed by atoms with E-state index in [9.17, 15) is 18.8 Å². The second kappa shape index (κ2) is 11.2. The van der Waals surface area contributed by atoms with E-state index in [4.69, 9.17) is 18.9 Å². The van der Waals surface area contributed by atoms with Crippen LogP contribution >= 0.6 is 15.9 Å². The first-order chi connectivity index (χ1) is 16.5. The van der Waals surface area contributed by atoms with Gasteiger partial charge in [0, 0.05) is 16.2 Å². The summed E-state index contributed by atoms with van der Waals surface area (Å²) in [6.45, 7) is 11.4. The van der Waals surface area contributed by atoms with Crippen molar-refractivity contribution in [2.45, 2.75) is 65.8 Å². The summed E-state index contributed by atoms with van der Waals surface area (Å²) in [6, 6.07) is 5.02. The molecule has 0 bridgehead atoms. The van der Waals surface area contributed by atoms with Gasteiger partial charge in [0.05, 0.1) is 12.7 Å². The first-order valence-electron chi connectivity index (χ1n) is 11.0. The highest BCUT2D eigenvalue weighted by atomic mass is 79.9. The van der Waals surface area contributed by atoms with E-state index in [1.165, 1.54) is 25.4 Å². The molecule has 1 heterocycles. The van der Waals surface area contributed by atoms with Crippen molar-refractivity contribution in [3.8, 4) is 5.75 Å². The third kappa shape index (κ3) is 7.91. The Morgan fingerprint density at radius 2 is 1.56 bits per heavy atom. The number of rotatable bonds is 5. The molecule has 0 spiro atoms. The third-order valence-corrected chi connectivity index (χ3v) is 4.76. The SMILES string of the molecule is COC(=O)c1ccc(F)cc1C(C)Oc1cc(Br)cnc1N(C(=O)OC(C)(C)C)C(=O)OC(C)(C)C. The second-order valence-corrected chi connectivity index (χ2v) is 10.7. The molecule has 2 aromatic rings. The topological polar surface area (TPSA) is 104 Å². The van der Waals surface area contributed by atoms with Crippen LogP contribution in [0.3, 0.4) is 0 Å². The van der Waals surface area contributed by atoms with Gasteiger partial charge in [0.25, 0.3) is 0 Å². The van der Waals surface area contributed by atoms with Gasteiger partial charge in [-0.1, -0.05) is 0 Å². The Labute approximate surface area is 218 Å². The minimum Gasteiger partial charge on any atom is -0.482 e. The highest BCUT2D eigenvalue weighted by molar-refractivity contribution is 9.10. The van der Waals surface area contributed by atoms with E-state index in [1.54, 1.807) is 48.5 Å². The van der Waals surface area contributed by atoms with Crippen LogP contribution in [0.1, 0.15) is 70.5 Å². The van der Waals surface area contributed by atoms with Crippen molar-refractivity contribution in [1.82, 2.24) is 4.98 Å². The van der Waals surface area contributed by atoms with Crippen molar-refractivity contribution >= 4 is 39.9 Å². The van der Waals surface area contributed by atoms with Crippen LogP contribution in [-0.2, 0) is 14.2 Å². The van der Waals surface area contributed by atoms with Gasteiger partial charge >= 0.3 is 18.2 Å². The largest absolute Gasteiger partial charge is 0.482 e. The number of aromatic nitrogens is 1. The molecule has 1 unspecified atom stereocenters. The average Bonchev–Trinajstić information content (AvgIpc) is 2.72. The Kier molecular flexibility index (Phi) is 9.06. The number of pyridine rings is 1. The predicted octanol–water partition coefficient (Wildman–Crippen LogP) is 6.59. The van der Waals surface area contributed by atoms with Gasteiger partial charge in [0.15, 0.2) is 11.6 Å². The van der Waals surface area contributed by atoms with Gasteiger partial charge in [0.2, 0.25) is 0 Å². The van der Waals surface area contributed by atoms with Crippen molar-refractivity contribution in [1.29, 1.82) is 0 Å². The number of esters is 1. The number of benzene rings is 1. The number of ether oxygens (including phenoxy) is 4. The molecule has 196 valence electrons. The van der Waals surface area contributed by atoms with E-state index in [0.717, 1.165) is 12.1 Å². The molecular formula is C25H30BrFN2O7. The number of carbonyl (C=O) groups is 3. The van der Waals surface area contributed by atoms with Crippen molar-refractivity contribution in [3.05, 3.63) is 51.9 Å². The Morgan fingerprint density at radius 1 is 1.00 bits per heavy atom. The molecule has 1 aromatic carbocycles. The molecule has 0 radical (unpaired) electrons. The summed E-state index contributed by atoms with van der Waals surface area (Å²) in [4.78, 5) is 43.2. The zero-order valence-electron chi connectivity index (χ0n) is 21.5. The van der Waals surface area contributed by atoms with Crippen LogP contribution in [0.4, 0.5) is 19.8 Å². The first kappa shape index (κ1) is 29.0. The van der Waals surface area contributed by atoms with Crippen LogP contribution in [0.15, 0.2) is 34.9 Å². The Balaban J connectivity index is 2.59. The molecule has 11 heteroatoms. The lowest BCUT2D eigenvalue weighted by Crippen LogP contribution is -2.44.